The van der Waals surface area contributed by atoms with Crippen LogP contribution in [0.4, 0.5) is 10.3 Å². The number of piperidine rings is 1. The fourth-order valence-electron chi connectivity index (χ4n) is 4.12. The fraction of sp³-hybridized carbons (Fsp3) is 0.348. The summed E-state index contributed by atoms with van der Waals surface area (Å²) in [5.74, 6) is 0.859. The van der Waals surface area contributed by atoms with Gasteiger partial charge in [-0.15, -0.1) is 0 Å². The SMILES string of the molecule is COc1ccc(S(=O)(=O)c2nc(-c3ccccc3F)oc2N2CC(C)CC(C)C2)cc1. The van der Waals surface area contributed by atoms with Crippen molar-refractivity contribution in [2.45, 2.75) is 30.2 Å². The van der Waals surface area contributed by atoms with Gasteiger partial charge in [0.05, 0.1) is 17.6 Å². The zero-order valence-electron chi connectivity index (χ0n) is 17.7. The maximum Gasteiger partial charge on any atom is 0.236 e. The van der Waals surface area contributed by atoms with E-state index in [0.717, 1.165) is 6.42 Å². The Balaban J connectivity index is 1.86. The molecule has 2 unspecified atom stereocenters. The summed E-state index contributed by atoms with van der Waals surface area (Å²) in [5.41, 5.74) is 0.123. The predicted octanol–water partition coefficient (Wildman–Crippen LogP) is 4.80. The molecule has 2 atom stereocenters. The molecule has 0 saturated carbocycles. The molecule has 0 radical (unpaired) electrons. The first-order chi connectivity index (χ1) is 14.8. The lowest BCUT2D eigenvalue weighted by Gasteiger charge is -2.34. The molecular formula is C23H25FN2O4S. The Morgan fingerprint density at radius 2 is 1.71 bits per heavy atom. The van der Waals surface area contributed by atoms with E-state index in [9.17, 15) is 12.8 Å². The molecule has 1 aromatic heterocycles. The van der Waals surface area contributed by atoms with Crippen LogP contribution in [-0.2, 0) is 9.84 Å². The van der Waals surface area contributed by atoms with Crippen LogP contribution < -0.4 is 9.64 Å². The highest BCUT2D eigenvalue weighted by molar-refractivity contribution is 7.91. The van der Waals surface area contributed by atoms with E-state index in [1.807, 2.05) is 4.90 Å². The van der Waals surface area contributed by atoms with E-state index in [1.54, 1.807) is 24.3 Å². The number of nitrogens with zero attached hydrogens (tertiary/aromatic N) is 2. The molecule has 0 spiro atoms. The van der Waals surface area contributed by atoms with Gasteiger partial charge in [0.25, 0.3) is 0 Å². The van der Waals surface area contributed by atoms with Gasteiger partial charge < -0.3 is 14.1 Å². The van der Waals surface area contributed by atoms with Crippen molar-refractivity contribution >= 4 is 15.7 Å². The largest absolute Gasteiger partial charge is 0.497 e. The zero-order chi connectivity index (χ0) is 22.2. The van der Waals surface area contributed by atoms with Crippen LogP contribution in [0.5, 0.6) is 5.75 Å². The predicted molar refractivity (Wildman–Crippen MR) is 116 cm³/mol. The normalized spacial score (nSPS) is 19.4. The molecule has 31 heavy (non-hydrogen) atoms. The number of hydrogen-bond donors (Lipinski definition) is 0. The number of benzene rings is 2. The minimum Gasteiger partial charge on any atom is -0.497 e. The summed E-state index contributed by atoms with van der Waals surface area (Å²) in [6.07, 6.45) is 1.05. The molecule has 164 valence electrons. The molecule has 0 N–H and O–H groups in total. The first-order valence-electron chi connectivity index (χ1n) is 10.2. The summed E-state index contributed by atoms with van der Waals surface area (Å²) in [4.78, 5) is 6.27. The zero-order valence-corrected chi connectivity index (χ0v) is 18.5. The van der Waals surface area contributed by atoms with E-state index < -0.39 is 15.7 Å². The van der Waals surface area contributed by atoms with Crippen molar-refractivity contribution in [3.63, 3.8) is 0 Å². The number of aromatic nitrogens is 1. The van der Waals surface area contributed by atoms with Gasteiger partial charge in [-0.2, -0.15) is 4.98 Å². The Hall–Kier alpha value is -2.87. The van der Waals surface area contributed by atoms with Gasteiger partial charge in [0.1, 0.15) is 11.6 Å². The highest BCUT2D eigenvalue weighted by Crippen LogP contribution is 2.38. The Labute approximate surface area is 181 Å². The molecule has 0 amide bonds. The van der Waals surface area contributed by atoms with Crippen molar-refractivity contribution in [3.05, 3.63) is 54.3 Å². The van der Waals surface area contributed by atoms with Gasteiger partial charge in [0.2, 0.25) is 26.6 Å². The van der Waals surface area contributed by atoms with Crippen LogP contribution in [0.3, 0.4) is 0 Å². The van der Waals surface area contributed by atoms with E-state index >= 15 is 0 Å². The van der Waals surface area contributed by atoms with Crippen molar-refractivity contribution in [2.75, 3.05) is 25.1 Å². The molecule has 2 aromatic carbocycles. The van der Waals surface area contributed by atoms with Crippen molar-refractivity contribution < 1.29 is 22.0 Å². The molecule has 3 aromatic rings. The van der Waals surface area contributed by atoms with E-state index in [1.165, 1.54) is 31.4 Å². The summed E-state index contributed by atoms with van der Waals surface area (Å²) in [5, 5.41) is -0.197. The van der Waals surface area contributed by atoms with Crippen LogP contribution in [0, 0.1) is 17.7 Å². The molecule has 0 aliphatic carbocycles. The topological polar surface area (TPSA) is 72.6 Å². The second-order valence-electron chi connectivity index (χ2n) is 8.14. The molecule has 4 rings (SSSR count). The molecule has 1 fully saturated rings. The van der Waals surface area contributed by atoms with Gasteiger partial charge in [-0.05, 0) is 54.7 Å². The summed E-state index contributed by atoms with van der Waals surface area (Å²) < 4.78 is 52.5. The highest BCUT2D eigenvalue weighted by atomic mass is 32.2. The Bertz CT molecular complexity index is 1160. The number of rotatable bonds is 5. The van der Waals surface area contributed by atoms with Gasteiger partial charge in [-0.3, -0.25) is 0 Å². The summed E-state index contributed by atoms with van der Waals surface area (Å²) in [6, 6.07) is 12.1. The molecule has 2 heterocycles. The van der Waals surface area contributed by atoms with Gasteiger partial charge in [0, 0.05) is 13.1 Å². The van der Waals surface area contributed by atoms with Crippen LogP contribution in [0.2, 0.25) is 0 Å². The lowest BCUT2D eigenvalue weighted by Crippen LogP contribution is -2.39. The van der Waals surface area contributed by atoms with E-state index in [4.69, 9.17) is 9.15 Å². The van der Waals surface area contributed by atoms with Gasteiger partial charge in [-0.25, -0.2) is 12.8 Å². The third kappa shape index (κ3) is 4.17. The standard InChI is InChI=1S/C23H25FN2O4S/c1-15-12-16(2)14-26(13-15)23-22(25-21(30-23)19-6-4-5-7-20(19)24)31(27,28)18-10-8-17(29-3)9-11-18/h4-11,15-16H,12-14H2,1-3H3. The van der Waals surface area contributed by atoms with Crippen LogP contribution in [0.1, 0.15) is 20.3 Å². The van der Waals surface area contributed by atoms with Gasteiger partial charge in [-0.1, -0.05) is 26.0 Å². The molecule has 1 aliphatic heterocycles. The number of sulfone groups is 1. The number of methoxy groups -OCH3 is 1. The van der Waals surface area contributed by atoms with Crippen molar-refractivity contribution in [3.8, 4) is 17.2 Å². The molecule has 8 heteroatoms. The minimum atomic E-state index is -4.00. The maximum atomic E-state index is 14.4. The van der Waals surface area contributed by atoms with Crippen LogP contribution >= 0.6 is 0 Å². The molecular weight excluding hydrogens is 419 g/mol. The monoisotopic (exact) mass is 444 g/mol. The fourth-order valence-corrected chi connectivity index (χ4v) is 5.44. The average molecular weight is 445 g/mol. The summed E-state index contributed by atoms with van der Waals surface area (Å²) in [7, 11) is -2.49. The van der Waals surface area contributed by atoms with Crippen molar-refractivity contribution in [2.24, 2.45) is 11.8 Å². The van der Waals surface area contributed by atoms with Crippen molar-refractivity contribution in [1.82, 2.24) is 4.98 Å². The Morgan fingerprint density at radius 1 is 1.06 bits per heavy atom. The van der Waals surface area contributed by atoms with Crippen LogP contribution in [0.15, 0.2) is 62.9 Å². The highest BCUT2D eigenvalue weighted by Gasteiger charge is 2.34. The van der Waals surface area contributed by atoms with Crippen molar-refractivity contribution in [1.29, 1.82) is 0 Å². The number of ether oxygens (including phenoxy) is 1. The number of halogens is 1. The van der Waals surface area contributed by atoms with E-state index in [-0.39, 0.29) is 27.3 Å². The van der Waals surface area contributed by atoms with Crippen LogP contribution in [0.25, 0.3) is 11.5 Å². The molecule has 6 nitrogen and oxygen atoms in total. The lowest BCUT2D eigenvalue weighted by molar-refractivity contribution is 0.342. The second kappa shape index (κ2) is 8.34. The number of hydrogen-bond acceptors (Lipinski definition) is 6. The maximum absolute atomic E-state index is 14.4. The van der Waals surface area contributed by atoms with E-state index in [2.05, 4.69) is 18.8 Å². The first kappa shape index (κ1) is 21.4. The van der Waals surface area contributed by atoms with Crippen LogP contribution in [-0.4, -0.2) is 33.6 Å². The van der Waals surface area contributed by atoms with Gasteiger partial charge >= 0.3 is 0 Å². The third-order valence-electron chi connectivity index (χ3n) is 5.46. The van der Waals surface area contributed by atoms with E-state index in [0.29, 0.717) is 30.7 Å². The first-order valence-corrected chi connectivity index (χ1v) is 11.7. The minimum absolute atomic E-state index is 0.0499. The quantitative estimate of drug-likeness (QED) is 0.563. The Morgan fingerprint density at radius 3 is 2.32 bits per heavy atom. The smallest absolute Gasteiger partial charge is 0.236 e. The number of anilines is 1. The summed E-state index contributed by atoms with van der Waals surface area (Å²) >= 11 is 0. The average Bonchev–Trinajstić information content (AvgIpc) is 3.20. The van der Waals surface area contributed by atoms with Gasteiger partial charge in [0.15, 0.2) is 0 Å². The Kier molecular flexibility index (Phi) is 5.75. The summed E-state index contributed by atoms with van der Waals surface area (Å²) in [6.45, 7) is 5.52. The molecule has 1 aliphatic rings. The lowest BCUT2D eigenvalue weighted by atomic mass is 9.92. The second-order valence-corrected chi connectivity index (χ2v) is 10.0. The number of oxazole rings is 1. The molecule has 1 saturated heterocycles. The molecule has 0 bridgehead atoms. The third-order valence-corrected chi connectivity index (χ3v) is 7.13.